The molecule has 3 aliphatic rings. The molecule has 9 nitrogen and oxygen atoms in total. The highest BCUT2D eigenvalue weighted by Gasteiger charge is 2.67. The van der Waals surface area contributed by atoms with Crippen LogP contribution < -0.4 is 5.73 Å². The van der Waals surface area contributed by atoms with E-state index in [1.807, 2.05) is 0 Å². The van der Waals surface area contributed by atoms with Crippen molar-refractivity contribution < 1.29 is 34.8 Å². The number of nitrogens with two attached hydrogens (primary N) is 1. The first kappa shape index (κ1) is 21.0. The molecular weight excluding hydrogens is 404 g/mol. The van der Waals surface area contributed by atoms with E-state index < -0.39 is 64.1 Å². The van der Waals surface area contributed by atoms with E-state index in [4.69, 9.17) is 5.73 Å². The third-order valence-electron chi connectivity index (χ3n) is 6.51. The van der Waals surface area contributed by atoms with E-state index in [0.29, 0.717) is 11.1 Å². The van der Waals surface area contributed by atoms with Crippen molar-refractivity contribution >= 4 is 28.8 Å². The topological polar surface area (TPSA) is 161 Å². The van der Waals surface area contributed by atoms with Crippen LogP contribution in [-0.4, -0.2) is 74.6 Å². The number of carbonyl (C=O) groups is 3. The normalized spacial score (nSPS) is 32.7. The summed E-state index contributed by atoms with van der Waals surface area (Å²) < 4.78 is 0. The minimum atomic E-state index is -2.85. The Hall–Kier alpha value is -3.27. The first-order valence-corrected chi connectivity index (χ1v) is 9.57. The van der Waals surface area contributed by atoms with Crippen LogP contribution in [0.25, 0.3) is 11.3 Å². The lowest BCUT2D eigenvalue weighted by Crippen LogP contribution is -2.70. The van der Waals surface area contributed by atoms with Crippen molar-refractivity contribution in [3.05, 3.63) is 58.9 Å². The molecule has 4 rings (SSSR count). The van der Waals surface area contributed by atoms with Gasteiger partial charge in [-0.1, -0.05) is 30.8 Å². The highest BCUT2D eigenvalue weighted by Crippen LogP contribution is 2.54. The van der Waals surface area contributed by atoms with Crippen molar-refractivity contribution in [1.29, 1.82) is 0 Å². The van der Waals surface area contributed by atoms with Crippen LogP contribution in [0.15, 0.2) is 47.7 Å². The second-order valence-corrected chi connectivity index (χ2v) is 8.28. The van der Waals surface area contributed by atoms with E-state index in [1.54, 1.807) is 24.3 Å². The molecule has 162 valence electrons. The summed E-state index contributed by atoms with van der Waals surface area (Å²) in [4.78, 5) is 39.8. The van der Waals surface area contributed by atoms with E-state index >= 15 is 0 Å². The number of primary amides is 1. The quantitative estimate of drug-likeness (QED) is 0.403. The Bertz CT molecular complexity index is 1130. The average molecular weight is 426 g/mol. The fourth-order valence-electron chi connectivity index (χ4n) is 5.13. The molecule has 0 bridgehead atoms. The predicted octanol–water partition coefficient (Wildman–Crippen LogP) is -0.300. The Kier molecular flexibility index (Phi) is 4.48. The first-order chi connectivity index (χ1) is 14.5. The summed E-state index contributed by atoms with van der Waals surface area (Å²) in [5, 5.41) is 44.4. The predicted molar refractivity (Wildman–Crippen MR) is 109 cm³/mol. The van der Waals surface area contributed by atoms with Crippen molar-refractivity contribution in [2.45, 2.75) is 17.7 Å². The maximum absolute atomic E-state index is 13.6. The molecule has 0 radical (unpaired) electrons. The summed E-state index contributed by atoms with van der Waals surface area (Å²) in [7, 11) is 2.93. The van der Waals surface area contributed by atoms with Crippen LogP contribution in [0.5, 0.6) is 0 Å². The molecule has 31 heavy (non-hydrogen) atoms. The van der Waals surface area contributed by atoms with Crippen molar-refractivity contribution in [3.8, 4) is 0 Å². The zero-order chi connectivity index (χ0) is 23.0. The third kappa shape index (κ3) is 2.45. The number of aliphatic hydroxyl groups is 4. The molecule has 0 unspecified atom stereocenters. The highest BCUT2D eigenvalue weighted by atomic mass is 16.4. The lowest BCUT2D eigenvalue weighted by Gasteiger charge is -2.52. The van der Waals surface area contributed by atoms with Gasteiger partial charge in [0, 0.05) is 11.5 Å². The molecule has 1 aromatic rings. The van der Waals surface area contributed by atoms with E-state index in [2.05, 4.69) is 6.58 Å². The molecule has 0 heterocycles. The molecule has 1 saturated carbocycles. The van der Waals surface area contributed by atoms with E-state index in [1.165, 1.54) is 19.0 Å². The SMILES string of the molecule is C=C1c2ccccc2C(O)=C2C(=O)[C@]3(O)C(O)=C(C(N)=O)C(=O)[C@@H](N(C)C)[C@@H]3[C@@H](O)[C@H]12. The van der Waals surface area contributed by atoms with Gasteiger partial charge < -0.3 is 26.2 Å². The van der Waals surface area contributed by atoms with Crippen molar-refractivity contribution in [2.24, 2.45) is 17.6 Å². The lowest BCUT2D eigenvalue weighted by molar-refractivity contribution is -0.166. The number of nitrogens with zero attached hydrogens (tertiary/aromatic N) is 1. The van der Waals surface area contributed by atoms with E-state index in [9.17, 15) is 34.8 Å². The summed E-state index contributed by atoms with van der Waals surface area (Å²) in [5.41, 5.74) is 2.25. The first-order valence-electron chi connectivity index (χ1n) is 9.57. The number of aliphatic hydroxyl groups excluding tert-OH is 3. The molecule has 0 aromatic heterocycles. The monoisotopic (exact) mass is 426 g/mol. The summed E-state index contributed by atoms with van der Waals surface area (Å²) in [6, 6.07) is 5.20. The Labute approximate surface area is 177 Å². The van der Waals surface area contributed by atoms with Gasteiger partial charge >= 0.3 is 0 Å². The van der Waals surface area contributed by atoms with Crippen LogP contribution in [0.4, 0.5) is 0 Å². The number of hydrogen-bond donors (Lipinski definition) is 5. The molecule has 1 amide bonds. The number of benzene rings is 1. The highest BCUT2D eigenvalue weighted by molar-refractivity contribution is 6.25. The minimum Gasteiger partial charge on any atom is -0.508 e. The average Bonchev–Trinajstić information content (AvgIpc) is 2.70. The maximum atomic E-state index is 13.6. The number of rotatable bonds is 2. The maximum Gasteiger partial charge on any atom is 0.255 e. The number of fused-ring (bicyclic) bond motifs is 3. The largest absolute Gasteiger partial charge is 0.508 e. The second kappa shape index (κ2) is 6.61. The minimum absolute atomic E-state index is 0.274. The molecule has 0 saturated heterocycles. The molecule has 9 heteroatoms. The third-order valence-corrected chi connectivity index (χ3v) is 6.51. The zero-order valence-electron chi connectivity index (χ0n) is 16.9. The number of likely N-dealkylation sites (N-methyl/N-ethyl adjacent to an activating group) is 1. The standard InChI is InChI=1S/C22H22N2O7/c1-8-9-6-4-5-7-10(9)16(25)12-11(8)17(26)14-15(24(2)3)18(27)13(21(23)30)20(29)22(14,31)19(12)28/h4-7,11,14-15,17,25-26,29,31H,1H2,2-3H3,(H2,23,30)/t11-,14-,15+,17+,22+/m1/s1. The Balaban J connectivity index is 2.06. The van der Waals surface area contributed by atoms with Crippen molar-refractivity contribution in [2.75, 3.05) is 14.1 Å². The van der Waals surface area contributed by atoms with Crippen LogP contribution in [0, 0.1) is 11.8 Å². The number of carbonyl (C=O) groups excluding carboxylic acids is 3. The van der Waals surface area contributed by atoms with Gasteiger partial charge in [0.25, 0.3) is 5.91 Å². The summed E-state index contributed by atoms with van der Waals surface area (Å²) in [6.45, 7) is 3.98. The summed E-state index contributed by atoms with van der Waals surface area (Å²) in [6.07, 6.45) is -1.60. The smallest absolute Gasteiger partial charge is 0.255 e. The molecule has 1 aromatic carbocycles. The Morgan fingerprint density at radius 2 is 1.74 bits per heavy atom. The van der Waals surface area contributed by atoms with Crippen LogP contribution in [0.2, 0.25) is 0 Å². The lowest BCUT2D eigenvalue weighted by atomic mass is 9.55. The van der Waals surface area contributed by atoms with Gasteiger partial charge in [0.2, 0.25) is 5.78 Å². The fourth-order valence-corrected chi connectivity index (χ4v) is 5.13. The van der Waals surface area contributed by atoms with Gasteiger partial charge in [-0.15, -0.1) is 0 Å². The Morgan fingerprint density at radius 1 is 1.16 bits per heavy atom. The molecular formula is C22H22N2O7. The van der Waals surface area contributed by atoms with Gasteiger partial charge in [-0.05, 0) is 25.2 Å². The molecule has 0 spiro atoms. The Morgan fingerprint density at radius 3 is 2.29 bits per heavy atom. The van der Waals surface area contributed by atoms with Crippen molar-refractivity contribution in [1.82, 2.24) is 4.90 Å². The van der Waals surface area contributed by atoms with E-state index in [-0.39, 0.29) is 11.1 Å². The van der Waals surface area contributed by atoms with Gasteiger partial charge in [0.05, 0.1) is 23.6 Å². The van der Waals surface area contributed by atoms with Gasteiger partial charge in [-0.25, -0.2) is 0 Å². The fraction of sp³-hybridized carbons (Fsp3) is 0.318. The summed E-state index contributed by atoms with van der Waals surface area (Å²) in [5.74, 6) is -7.75. The number of ketones is 2. The van der Waals surface area contributed by atoms with Crippen LogP contribution >= 0.6 is 0 Å². The zero-order valence-corrected chi connectivity index (χ0v) is 16.9. The molecule has 1 fully saturated rings. The van der Waals surface area contributed by atoms with Crippen LogP contribution in [0.1, 0.15) is 11.1 Å². The van der Waals surface area contributed by atoms with Crippen molar-refractivity contribution in [3.63, 3.8) is 0 Å². The number of Topliss-reactive ketones (excluding diaryl/α,β-unsaturated/α-hetero) is 2. The molecule has 5 atom stereocenters. The number of hydrogen-bond acceptors (Lipinski definition) is 8. The second-order valence-electron chi connectivity index (χ2n) is 8.28. The molecule has 6 N–H and O–H groups in total. The van der Waals surface area contributed by atoms with Gasteiger partial charge in [-0.3, -0.25) is 19.3 Å². The van der Waals surface area contributed by atoms with E-state index in [0.717, 1.165) is 0 Å². The van der Waals surface area contributed by atoms with Gasteiger partial charge in [0.1, 0.15) is 17.1 Å². The molecule has 3 aliphatic carbocycles. The van der Waals surface area contributed by atoms with Crippen LogP contribution in [-0.2, 0) is 14.4 Å². The van der Waals surface area contributed by atoms with Gasteiger partial charge in [-0.2, -0.15) is 0 Å². The number of amides is 1. The summed E-state index contributed by atoms with van der Waals surface area (Å²) >= 11 is 0. The van der Waals surface area contributed by atoms with Gasteiger partial charge in [0.15, 0.2) is 11.4 Å². The van der Waals surface area contributed by atoms with Crippen LogP contribution in [0.3, 0.4) is 0 Å². The molecule has 0 aliphatic heterocycles.